The number of ether oxygens (including phenoxy) is 1. The van der Waals surface area contributed by atoms with Crippen LogP contribution in [0.25, 0.3) is 0 Å². The Hall–Kier alpha value is -2.10. The van der Waals surface area contributed by atoms with Gasteiger partial charge in [0.05, 0.1) is 18.2 Å². The number of nitriles is 1. The molecule has 0 aliphatic heterocycles. The van der Waals surface area contributed by atoms with E-state index in [0.29, 0.717) is 6.20 Å². The number of nitrogens with zero attached hydrogens (tertiary/aromatic N) is 2. The van der Waals surface area contributed by atoms with E-state index in [2.05, 4.69) is 9.72 Å². The molecule has 1 heterocycles. The van der Waals surface area contributed by atoms with Crippen molar-refractivity contribution in [2.24, 2.45) is 0 Å². The summed E-state index contributed by atoms with van der Waals surface area (Å²) in [5.41, 5.74) is -2.64. The monoisotopic (exact) mass is 244 g/mol. The molecular formula is C10H7F3N2O2. The molecule has 0 saturated heterocycles. The highest BCUT2D eigenvalue weighted by molar-refractivity contribution is 5.89. The number of carbonyl (C=O) groups is 1. The number of methoxy groups -OCH3 is 1. The Morgan fingerprint density at radius 2 is 2.12 bits per heavy atom. The maximum atomic E-state index is 12.7. The summed E-state index contributed by atoms with van der Waals surface area (Å²) in [7, 11) is 1.04. The van der Waals surface area contributed by atoms with E-state index in [-0.39, 0.29) is 0 Å². The van der Waals surface area contributed by atoms with Crippen molar-refractivity contribution in [1.29, 1.82) is 5.26 Å². The van der Waals surface area contributed by atoms with Crippen LogP contribution >= 0.6 is 0 Å². The van der Waals surface area contributed by atoms with Gasteiger partial charge in [-0.25, -0.2) is 9.78 Å². The second-order valence-electron chi connectivity index (χ2n) is 3.12. The van der Waals surface area contributed by atoms with Gasteiger partial charge in [0.15, 0.2) is 5.69 Å². The minimum absolute atomic E-state index is 0.414. The highest BCUT2D eigenvalue weighted by Crippen LogP contribution is 2.34. The first-order valence-corrected chi connectivity index (χ1v) is 4.38. The molecule has 0 bridgehead atoms. The third kappa shape index (κ3) is 2.36. The van der Waals surface area contributed by atoms with Crippen molar-refractivity contribution in [2.75, 3.05) is 7.11 Å². The third-order valence-electron chi connectivity index (χ3n) is 2.10. The van der Waals surface area contributed by atoms with E-state index < -0.39 is 34.5 Å². The molecule has 90 valence electrons. The molecule has 17 heavy (non-hydrogen) atoms. The van der Waals surface area contributed by atoms with Gasteiger partial charge in [-0.15, -0.1) is 0 Å². The van der Waals surface area contributed by atoms with E-state index in [0.717, 1.165) is 14.0 Å². The van der Waals surface area contributed by atoms with Gasteiger partial charge < -0.3 is 4.74 Å². The van der Waals surface area contributed by atoms with Crippen LogP contribution in [0.4, 0.5) is 13.2 Å². The Kier molecular flexibility index (Phi) is 3.36. The summed E-state index contributed by atoms with van der Waals surface area (Å²) in [6.07, 6.45) is -4.01. The van der Waals surface area contributed by atoms with Crippen molar-refractivity contribution in [1.82, 2.24) is 4.98 Å². The molecule has 0 fully saturated rings. The van der Waals surface area contributed by atoms with Crippen LogP contribution in [0, 0.1) is 18.3 Å². The molecule has 0 radical (unpaired) electrons. The van der Waals surface area contributed by atoms with Crippen LogP contribution in [0.1, 0.15) is 27.2 Å². The molecule has 0 atom stereocenters. The summed E-state index contributed by atoms with van der Waals surface area (Å²) in [5, 5.41) is 8.59. The van der Waals surface area contributed by atoms with Gasteiger partial charge in [-0.3, -0.25) is 0 Å². The van der Waals surface area contributed by atoms with Crippen LogP contribution in [-0.2, 0) is 10.9 Å². The second-order valence-corrected chi connectivity index (χ2v) is 3.12. The fourth-order valence-electron chi connectivity index (χ4n) is 1.36. The quantitative estimate of drug-likeness (QED) is 0.709. The fraction of sp³-hybridized carbons (Fsp3) is 0.300. The molecule has 0 N–H and O–H groups in total. The molecule has 0 aliphatic rings. The maximum absolute atomic E-state index is 12.7. The van der Waals surface area contributed by atoms with Crippen LogP contribution in [0.5, 0.6) is 0 Å². The van der Waals surface area contributed by atoms with E-state index in [1.54, 1.807) is 0 Å². The summed E-state index contributed by atoms with van der Waals surface area (Å²) in [5.74, 6) is -0.975. The molecule has 0 amide bonds. The van der Waals surface area contributed by atoms with Gasteiger partial charge in [0.1, 0.15) is 6.07 Å². The zero-order valence-corrected chi connectivity index (χ0v) is 8.92. The summed E-state index contributed by atoms with van der Waals surface area (Å²) in [4.78, 5) is 14.7. The molecule has 1 aromatic rings. The Labute approximate surface area is 94.6 Å². The molecule has 1 aromatic heterocycles. The van der Waals surface area contributed by atoms with Gasteiger partial charge in [0.2, 0.25) is 0 Å². The van der Waals surface area contributed by atoms with Crippen molar-refractivity contribution in [2.45, 2.75) is 13.1 Å². The highest BCUT2D eigenvalue weighted by Gasteiger charge is 2.37. The molecule has 0 unspecified atom stereocenters. The maximum Gasteiger partial charge on any atom is 0.418 e. The van der Waals surface area contributed by atoms with Crippen molar-refractivity contribution < 1.29 is 22.7 Å². The SMILES string of the molecule is COC(=O)c1ncc(C#N)c(C(F)(F)F)c1C. The Morgan fingerprint density at radius 3 is 2.53 bits per heavy atom. The van der Waals surface area contributed by atoms with E-state index in [1.165, 1.54) is 6.07 Å². The summed E-state index contributed by atoms with van der Waals surface area (Å²) < 4.78 is 42.4. The summed E-state index contributed by atoms with van der Waals surface area (Å²) in [6, 6.07) is 1.39. The van der Waals surface area contributed by atoms with Crippen LogP contribution in [-0.4, -0.2) is 18.1 Å². The molecule has 7 heteroatoms. The number of carbonyl (C=O) groups excluding carboxylic acids is 1. The normalized spacial score (nSPS) is 10.8. The second kappa shape index (κ2) is 4.41. The Morgan fingerprint density at radius 1 is 1.53 bits per heavy atom. The van der Waals surface area contributed by atoms with Gasteiger partial charge in [-0.05, 0) is 12.5 Å². The zero-order chi connectivity index (χ0) is 13.2. The van der Waals surface area contributed by atoms with Crippen molar-refractivity contribution in [3.05, 3.63) is 28.6 Å². The Bertz CT molecular complexity index is 503. The molecular weight excluding hydrogens is 237 g/mol. The van der Waals surface area contributed by atoms with Crippen molar-refractivity contribution >= 4 is 5.97 Å². The molecule has 0 saturated carbocycles. The summed E-state index contributed by atoms with van der Waals surface area (Å²) in [6.45, 7) is 1.07. The lowest BCUT2D eigenvalue weighted by Crippen LogP contribution is -2.16. The molecule has 0 spiro atoms. The standard InChI is InChI=1S/C10H7F3N2O2/c1-5-7(10(11,12)13)6(3-14)4-15-8(5)9(16)17-2/h4H,1-2H3. The highest BCUT2D eigenvalue weighted by atomic mass is 19.4. The lowest BCUT2D eigenvalue weighted by atomic mass is 10.0. The average molecular weight is 244 g/mol. The number of hydrogen-bond donors (Lipinski definition) is 0. The van der Waals surface area contributed by atoms with Gasteiger partial charge in [0.25, 0.3) is 0 Å². The number of rotatable bonds is 1. The Balaban J connectivity index is 3.56. The topological polar surface area (TPSA) is 63.0 Å². The average Bonchev–Trinajstić information content (AvgIpc) is 2.25. The number of esters is 1. The van der Waals surface area contributed by atoms with E-state index >= 15 is 0 Å². The largest absolute Gasteiger partial charge is 0.464 e. The van der Waals surface area contributed by atoms with Gasteiger partial charge in [-0.2, -0.15) is 18.4 Å². The lowest BCUT2D eigenvalue weighted by Gasteiger charge is -2.13. The van der Waals surface area contributed by atoms with Crippen molar-refractivity contribution in [3.8, 4) is 6.07 Å². The van der Waals surface area contributed by atoms with E-state index in [1.807, 2.05) is 0 Å². The predicted octanol–water partition coefficient (Wildman–Crippen LogP) is 2.07. The molecule has 0 aromatic carbocycles. The first-order valence-electron chi connectivity index (χ1n) is 4.38. The van der Waals surface area contributed by atoms with E-state index in [4.69, 9.17) is 5.26 Å². The number of hydrogen-bond acceptors (Lipinski definition) is 4. The minimum atomic E-state index is -4.72. The molecule has 4 nitrogen and oxygen atoms in total. The zero-order valence-electron chi connectivity index (χ0n) is 8.92. The van der Waals surface area contributed by atoms with E-state index in [9.17, 15) is 18.0 Å². The third-order valence-corrected chi connectivity index (χ3v) is 2.10. The first-order chi connectivity index (χ1) is 7.82. The fourth-order valence-corrected chi connectivity index (χ4v) is 1.36. The number of aromatic nitrogens is 1. The van der Waals surface area contributed by atoms with Gasteiger partial charge in [-0.1, -0.05) is 0 Å². The number of alkyl halides is 3. The number of pyridine rings is 1. The van der Waals surface area contributed by atoms with Crippen LogP contribution < -0.4 is 0 Å². The minimum Gasteiger partial charge on any atom is -0.464 e. The van der Waals surface area contributed by atoms with Crippen LogP contribution in [0.2, 0.25) is 0 Å². The molecule has 1 rings (SSSR count). The predicted molar refractivity (Wildman–Crippen MR) is 50.0 cm³/mol. The van der Waals surface area contributed by atoms with Crippen molar-refractivity contribution in [3.63, 3.8) is 0 Å². The first kappa shape index (κ1) is 13.0. The summed E-state index contributed by atoms with van der Waals surface area (Å²) >= 11 is 0. The number of halogens is 3. The van der Waals surface area contributed by atoms with Crippen LogP contribution in [0.15, 0.2) is 6.20 Å². The smallest absolute Gasteiger partial charge is 0.418 e. The molecule has 0 aliphatic carbocycles. The lowest BCUT2D eigenvalue weighted by molar-refractivity contribution is -0.138. The van der Waals surface area contributed by atoms with Gasteiger partial charge >= 0.3 is 12.1 Å². The van der Waals surface area contributed by atoms with Gasteiger partial charge in [0, 0.05) is 6.20 Å². The van der Waals surface area contributed by atoms with Crippen LogP contribution in [0.3, 0.4) is 0 Å².